The Morgan fingerprint density at radius 3 is 0.810 bits per heavy atom. The molecule has 0 rings (SSSR count). The zero-order valence-corrected chi connectivity index (χ0v) is 28.2. The topological polar surface area (TPSA) is 74.6 Å². The largest absolute Gasteiger partial charge is 0.481 e. The summed E-state index contributed by atoms with van der Waals surface area (Å²) in [5.74, 6) is -1.33. The van der Waals surface area contributed by atoms with Gasteiger partial charge in [0.1, 0.15) is 0 Å². The van der Waals surface area contributed by atoms with Gasteiger partial charge < -0.3 is 10.2 Å². The van der Waals surface area contributed by atoms with Gasteiger partial charge >= 0.3 is 11.9 Å². The number of allylic oxidation sites excluding steroid dienone is 4. The summed E-state index contributed by atoms with van der Waals surface area (Å²) < 4.78 is 0. The number of rotatable bonds is 32. The SMILES string of the molecule is CCCCCCCCC=CCCCCCCCC(=O)O.CCCCCCCCCCCC=CCCCCCCC(=O)O. The van der Waals surface area contributed by atoms with E-state index in [0.717, 1.165) is 38.5 Å². The predicted molar refractivity (Wildman–Crippen MR) is 183 cm³/mol. The molecule has 0 aliphatic heterocycles. The van der Waals surface area contributed by atoms with E-state index in [4.69, 9.17) is 10.2 Å². The highest BCUT2D eigenvalue weighted by Gasteiger charge is 1.97. The van der Waals surface area contributed by atoms with Crippen molar-refractivity contribution < 1.29 is 19.8 Å². The van der Waals surface area contributed by atoms with E-state index < -0.39 is 11.9 Å². The Kier molecular flexibility index (Phi) is 39.9. The third-order valence-electron chi connectivity index (χ3n) is 7.80. The summed E-state index contributed by atoms with van der Waals surface area (Å²) in [4.78, 5) is 20.7. The molecule has 0 aliphatic carbocycles. The van der Waals surface area contributed by atoms with Crippen LogP contribution < -0.4 is 0 Å². The number of carboxylic acids is 2. The quantitative estimate of drug-likeness (QED) is 0.0602. The third-order valence-corrected chi connectivity index (χ3v) is 7.80. The van der Waals surface area contributed by atoms with E-state index in [1.807, 2.05) is 0 Å². The summed E-state index contributed by atoms with van der Waals surface area (Å²) in [6, 6.07) is 0. The van der Waals surface area contributed by atoms with Crippen LogP contribution in [0.15, 0.2) is 24.3 Å². The lowest BCUT2D eigenvalue weighted by atomic mass is 10.1. The molecule has 2 N–H and O–H groups in total. The van der Waals surface area contributed by atoms with Gasteiger partial charge in [0, 0.05) is 12.8 Å². The van der Waals surface area contributed by atoms with Crippen molar-refractivity contribution in [1.29, 1.82) is 0 Å². The molecule has 42 heavy (non-hydrogen) atoms. The van der Waals surface area contributed by atoms with Crippen LogP contribution in [0.4, 0.5) is 0 Å². The second kappa shape index (κ2) is 39.4. The van der Waals surface area contributed by atoms with Gasteiger partial charge in [-0.05, 0) is 64.2 Å². The van der Waals surface area contributed by atoms with Gasteiger partial charge in [-0.1, -0.05) is 154 Å². The average Bonchev–Trinajstić information content (AvgIpc) is 2.97. The van der Waals surface area contributed by atoms with E-state index in [9.17, 15) is 9.59 Å². The lowest BCUT2D eigenvalue weighted by Gasteiger charge is -2.00. The molecular formula is C38H72O4. The average molecular weight is 593 g/mol. The first-order valence-electron chi connectivity index (χ1n) is 18.3. The van der Waals surface area contributed by atoms with E-state index in [1.54, 1.807) is 0 Å². The molecule has 0 saturated heterocycles. The van der Waals surface area contributed by atoms with Gasteiger partial charge in [0.05, 0.1) is 0 Å². The minimum Gasteiger partial charge on any atom is -0.481 e. The Morgan fingerprint density at radius 2 is 0.571 bits per heavy atom. The fourth-order valence-corrected chi connectivity index (χ4v) is 5.05. The molecular weight excluding hydrogens is 520 g/mol. The molecule has 0 bridgehead atoms. The van der Waals surface area contributed by atoms with E-state index in [0.29, 0.717) is 12.8 Å². The third kappa shape index (κ3) is 45.4. The van der Waals surface area contributed by atoms with E-state index in [-0.39, 0.29) is 0 Å². The standard InChI is InChI=1S/C20H38O2.C18H34O2/c1-2-3-4-5-6-7-8-9-10-11-12-13-14-15-16-17-18-19-20(21)22;1-2-3-4-5-6-7-8-9-10-11-12-13-14-15-16-17-18(19)20/h12-13H,2-11,14-19H2,1H3,(H,21,22);9-10H,2-8,11-17H2,1H3,(H,19,20). The van der Waals surface area contributed by atoms with Gasteiger partial charge in [0.2, 0.25) is 0 Å². The van der Waals surface area contributed by atoms with Crippen molar-refractivity contribution in [3.05, 3.63) is 24.3 Å². The van der Waals surface area contributed by atoms with Gasteiger partial charge in [0.15, 0.2) is 0 Å². The van der Waals surface area contributed by atoms with E-state index >= 15 is 0 Å². The maximum absolute atomic E-state index is 10.3. The van der Waals surface area contributed by atoms with Gasteiger partial charge in [-0.3, -0.25) is 9.59 Å². The number of carboxylic acid groups (broad SMARTS) is 2. The zero-order chi connectivity index (χ0) is 31.2. The van der Waals surface area contributed by atoms with Crippen LogP contribution in [0.1, 0.15) is 206 Å². The maximum atomic E-state index is 10.3. The van der Waals surface area contributed by atoms with Crippen LogP contribution in [0.3, 0.4) is 0 Å². The summed E-state index contributed by atoms with van der Waals surface area (Å²) in [6.45, 7) is 4.53. The highest BCUT2D eigenvalue weighted by atomic mass is 16.4. The smallest absolute Gasteiger partial charge is 0.303 e. The van der Waals surface area contributed by atoms with Crippen LogP contribution in [0.5, 0.6) is 0 Å². The molecule has 0 aromatic heterocycles. The van der Waals surface area contributed by atoms with Crippen LogP contribution in [0, 0.1) is 0 Å². The van der Waals surface area contributed by atoms with Crippen molar-refractivity contribution >= 4 is 11.9 Å². The Morgan fingerprint density at radius 1 is 0.357 bits per heavy atom. The van der Waals surface area contributed by atoms with Gasteiger partial charge in [-0.25, -0.2) is 0 Å². The molecule has 0 amide bonds. The Labute approximate surface area is 262 Å². The molecule has 0 spiro atoms. The molecule has 248 valence electrons. The second-order valence-corrected chi connectivity index (χ2v) is 12.2. The number of unbranched alkanes of at least 4 members (excludes halogenated alkanes) is 24. The van der Waals surface area contributed by atoms with Crippen LogP contribution in [-0.4, -0.2) is 22.2 Å². The van der Waals surface area contributed by atoms with Gasteiger partial charge in [-0.15, -0.1) is 0 Å². The Hall–Kier alpha value is -1.58. The van der Waals surface area contributed by atoms with E-state index in [2.05, 4.69) is 38.2 Å². The lowest BCUT2D eigenvalue weighted by molar-refractivity contribution is -0.138. The molecule has 4 heteroatoms. The fraction of sp³-hybridized carbons (Fsp3) is 0.842. The maximum Gasteiger partial charge on any atom is 0.303 e. The summed E-state index contributed by atoms with van der Waals surface area (Å²) in [5.41, 5.74) is 0. The van der Waals surface area contributed by atoms with Crippen molar-refractivity contribution in [2.24, 2.45) is 0 Å². The predicted octanol–water partition coefficient (Wildman–Crippen LogP) is 13.0. The van der Waals surface area contributed by atoms with E-state index in [1.165, 1.54) is 141 Å². The normalized spacial score (nSPS) is 11.3. The lowest BCUT2D eigenvalue weighted by Crippen LogP contribution is -1.93. The van der Waals surface area contributed by atoms with Crippen LogP contribution >= 0.6 is 0 Å². The Bertz CT molecular complexity index is 596. The molecule has 0 heterocycles. The summed E-state index contributed by atoms with van der Waals surface area (Å²) in [7, 11) is 0. The number of aliphatic carboxylic acids is 2. The summed E-state index contributed by atoms with van der Waals surface area (Å²) in [5, 5.41) is 17.0. The first-order chi connectivity index (χ1) is 20.5. The van der Waals surface area contributed by atoms with Crippen molar-refractivity contribution in [1.82, 2.24) is 0 Å². The van der Waals surface area contributed by atoms with Crippen LogP contribution in [-0.2, 0) is 9.59 Å². The zero-order valence-electron chi connectivity index (χ0n) is 28.2. The minimum absolute atomic E-state index is 0.328. The number of hydrogen-bond donors (Lipinski definition) is 2. The van der Waals surface area contributed by atoms with Crippen LogP contribution in [0.25, 0.3) is 0 Å². The monoisotopic (exact) mass is 593 g/mol. The number of hydrogen-bond acceptors (Lipinski definition) is 2. The number of carbonyl (C=O) groups is 2. The van der Waals surface area contributed by atoms with Gasteiger partial charge in [0.25, 0.3) is 0 Å². The molecule has 4 nitrogen and oxygen atoms in total. The molecule has 0 atom stereocenters. The van der Waals surface area contributed by atoms with Crippen molar-refractivity contribution in [3.63, 3.8) is 0 Å². The first kappa shape index (κ1) is 42.6. The summed E-state index contributed by atoms with van der Waals surface area (Å²) in [6.07, 6.45) is 45.4. The molecule has 0 unspecified atom stereocenters. The molecule has 0 aliphatic rings. The van der Waals surface area contributed by atoms with Crippen LogP contribution in [0.2, 0.25) is 0 Å². The van der Waals surface area contributed by atoms with Crippen molar-refractivity contribution in [2.45, 2.75) is 206 Å². The van der Waals surface area contributed by atoms with Crippen molar-refractivity contribution in [3.8, 4) is 0 Å². The van der Waals surface area contributed by atoms with Gasteiger partial charge in [-0.2, -0.15) is 0 Å². The summed E-state index contributed by atoms with van der Waals surface area (Å²) >= 11 is 0. The first-order valence-corrected chi connectivity index (χ1v) is 18.3. The fourth-order valence-electron chi connectivity index (χ4n) is 5.05. The Balaban J connectivity index is 0. The molecule has 0 radical (unpaired) electrons. The highest BCUT2D eigenvalue weighted by Crippen LogP contribution is 2.12. The molecule has 0 aromatic carbocycles. The minimum atomic E-state index is -0.666. The molecule has 0 aromatic rings. The molecule has 0 fully saturated rings. The van der Waals surface area contributed by atoms with Crippen molar-refractivity contribution in [2.75, 3.05) is 0 Å². The highest BCUT2D eigenvalue weighted by molar-refractivity contribution is 5.66. The molecule has 0 saturated carbocycles. The second-order valence-electron chi connectivity index (χ2n) is 12.2.